The highest BCUT2D eigenvalue weighted by atomic mass is 35.5. The van der Waals surface area contributed by atoms with Crippen molar-refractivity contribution in [3.8, 4) is 11.4 Å². The van der Waals surface area contributed by atoms with Crippen molar-refractivity contribution in [2.24, 2.45) is 7.05 Å². The van der Waals surface area contributed by atoms with Gasteiger partial charge in [0.05, 0.1) is 5.02 Å². The molecule has 0 atom stereocenters. The lowest BCUT2D eigenvalue weighted by molar-refractivity contribution is 0.705. The number of aromatic nitrogens is 3. The molecular weight excluding hydrogens is 236 g/mol. The normalized spacial score (nSPS) is 15.2. The van der Waals surface area contributed by atoms with Crippen molar-refractivity contribution < 1.29 is 0 Å². The Morgan fingerprint density at radius 2 is 2.18 bits per heavy atom. The molecule has 1 aliphatic rings. The lowest BCUT2D eigenvalue weighted by atomic mass is 10.2. The minimum atomic E-state index is 0.578. The van der Waals surface area contributed by atoms with Crippen molar-refractivity contribution in [2.45, 2.75) is 18.8 Å². The van der Waals surface area contributed by atoms with E-state index in [1.165, 1.54) is 12.8 Å². The van der Waals surface area contributed by atoms with E-state index >= 15 is 0 Å². The number of aryl methyl sites for hydroxylation is 1. The third-order valence-electron chi connectivity index (χ3n) is 2.97. The first kappa shape index (κ1) is 10.6. The Morgan fingerprint density at radius 3 is 2.82 bits per heavy atom. The molecule has 1 heterocycles. The molecule has 3 rings (SSSR count). The smallest absolute Gasteiger partial charge is 0.182 e. The average Bonchev–Trinajstić information content (AvgIpc) is 3.03. The highest BCUT2D eigenvalue weighted by Crippen LogP contribution is 2.39. The van der Waals surface area contributed by atoms with Gasteiger partial charge >= 0.3 is 0 Å². The first-order valence-electron chi connectivity index (χ1n) is 5.61. The zero-order chi connectivity index (χ0) is 12.0. The van der Waals surface area contributed by atoms with Gasteiger partial charge in [-0.25, -0.2) is 4.98 Å². The summed E-state index contributed by atoms with van der Waals surface area (Å²) in [4.78, 5) is 4.56. The molecule has 4 nitrogen and oxygen atoms in total. The van der Waals surface area contributed by atoms with Crippen LogP contribution in [0.5, 0.6) is 0 Å². The molecule has 1 aromatic heterocycles. The molecule has 0 bridgehead atoms. The van der Waals surface area contributed by atoms with E-state index in [-0.39, 0.29) is 0 Å². The summed E-state index contributed by atoms with van der Waals surface area (Å²) in [7, 11) is 1.93. The zero-order valence-corrected chi connectivity index (χ0v) is 10.3. The fourth-order valence-electron chi connectivity index (χ4n) is 1.92. The molecule has 0 saturated heterocycles. The van der Waals surface area contributed by atoms with E-state index in [1.807, 2.05) is 23.9 Å². The lowest BCUT2D eigenvalue weighted by Gasteiger charge is -2.00. The Balaban J connectivity index is 2.05. The SMILES string of the molecule is Cn1nc(-c2ccc(N)cc2Cl)nc1C1CC1. The molecule has 2 aromatic rings. The van der Waals surface area contributed by atoms with Gasteiger partial charge in [0.25, 0.3) is 0 Å². The third kappa shape index (κ3) is 1.89. The molecule has 0 unspecified atom stereocenters. The van der Waals surface area contributed by atoms with Crippen LogP contribution in [0.15, 0.2) is 18.2 Å². The first-order chi connectivity index (χ1) is 8.15. The van der Waals surface area contributed by atoms with Crippen molar-refractivity contribution >= 4 is 17.3 Å². The molecule has 17 heavy (non-hydrogen) atoms. The van der Waals surface area contributed by atoms with E-state index in [1.54, 1.807) is 6.07 Å². The van der Waals surface area contributed by atoms with E-state index in [4.69, 9.17) is 17.3 Å². The summed E-state index contributed by atoms with van der Waals surface area (Å²) >= 11 is 6.15. The summed E-state index contributed by atoms with van der Waals surface area (Å²) < 4.78 is 1.85. The molecule has 0 radical (unpaired) electrons. The van der Waals surface area contributed by atoms with E-state index in [9.17, 15) is 0 Å². The Morgan fingerprint density at radius 1 is 1.41 bits per heavy atom. The number of rotatable bonds is 2. The maximum Gasteiger partial charge on any atom is 0.182 e. The fourth-order valence-corrected chi connectivity index (χ4v) is 2.19. The van der Waals surface area contributed by atoms with Crippen LogP contribution in [0.3, 0.4) is 0 Å². The number of halogens is 1. The number of benzene rings is 1. The van der Waals surface area contributed by atoms with Gasteiger partial charge in [-0.2, -0.15) is 5.10 Å². The second-order valence-corrected chi connectivity index (χ2v) is 4.84. The average molecular weight is 249 g/mol. The number of nitrogen functional groups attached to an aromatic ring is 1. The van der Waals surface area contributed by atoms with E-state index in [0.717, 1.165) is 11.4 Å². The Hall–Kier alpha value is -1.55. The maximum absolute atomic E-state index is 6.15. The van der Waals surface area contributed by atoms with E-state index in [0.29, 0.717) is 22.5 Å². The minimum Gasteiger partial charge on any atom is -0.399 e. The number of hydrogen-bond acceptors (Lipinski definition) is 3. The summed E-state index contributed by atoms with van der Waals surface area (Å²) in [6.45, 7) is 0. The topological polar surface area (TPSA) is 56.7 Å². The summed E-state index contributed by atoms with van der Waals surface area (Å²) in [6, 6.07) is 5.40. The Bertz CT molecular complexity index is 572. The standard InChI is InChI=1S/C12H13ClN4/c1-17-12(7-2-3-7)15-11(16-17)9-5-4-8(14)6-10(9)13/h4-7H,2-3,14H2,1H3. The number of hydrogen-bond donors (Lipinski definition) is 1. The summed E-state index contributed by atoms with van der Waals surface area (Å²) in [6.07, 6.45) is 2.42. The molecule has 88 valence electrons. The summed E-state index contributed by atoms with van der Waals surface area (Å²) in [5.41, 5.74) is 7.15. The van der Waals surface area contributed by atoms with Crippen molar-refractivity contribution in [1.29, 1.82) is 0 Å². The van der Waals surface area contributed by atoms with Gasteiger partial charge in [0, 0.05) is 24.2 Å². The van der Waals surface area contributed by atoms with Crippen molar-refractivity contribution in [3.63, 3.8) is 0 Å². The second-order valence-electron chi connectivity index (χ2n) is 4.43. The van der Waals surface area contributed by atoms with Crippen LogP contribution in [-0.2, 0) is 7.05 Å². The molecule has 2 N–H and O–H groups in total. The van der Waals surface area contributed by atoms with E-state index < -0.39 is 0 Å². The van der Waals surface area contributed by atoms with Crippen LogP contribution in [0.4, 0.5) is 5.69 Å². The maximum atomic E-state index is 6.15. The summed E-state index contributed by atoms with van der Waals surface area (Å²) in [5.74, 6) is 2.31. The first-order valence-corrected chi connectivity index (χ1v) is 5.99. The fraction of sp³-hybridized carbons (Fsp3) is 0.333. The number of nitrogens with two attached hydrogens (primary N) is 1. The van der Waals surface area contributed by atoms with Gasteiger partial charge in [-0.15, -0.1) is 0 Å². The molecule has 0 aliphatic heterocycles. The molecule has 0 amide bonds. The van der Waals surface area contributed by atoms with Gasteiger partial charge in [0.2, 0.25) is 0 Å². The molecule has 1 aliphatic carbocycles. The second kappa shape index (κ2) is 3.74. The van der Waals surface area contributed by atoms with Crippen LogP contribution in [0, 0.1) is 0 Å². The van der Waals surface area contributed by atoms with E-state index in [2.05, 4.69) is 10.1 Å². The van der Waals surface area contributed by atoms with Crippen molar-refractivity contribution in [2.75, 3.05) is 5.73 Å². The van der Waals surface area contributed by atoms with Gasteiger partial charge in [-0.1, -0.05) is 11.6 Å². The van der Waals surface area contributed by atoms with Crippen LogP contribution >= 0.6 is 11.6 Å². The predicted octanol–water partition coefficient (Wildman–Crippen LogP) is 2.60. The van der Waals surface area contributed by atoms with Gasteiger partial charge in [0.1, 0.15) is 5.82 Å². The van der Waals surface area contributed by atoms with Crippen LogP contribution in [0.25, 0.3) is 11.4 Å². The molecule has 5 heteroatoms. The van der Waals surface area contributed by atoms with Gasteiger partial charge in [0.15, 0.2) is 5.82 Å². The van der Waals surface area contributed by atoms with Crippen molar-refractivity contribution in [1.82, 2.24) is 14.8 Å². The summed E-state index contributed by atoms with van der Waals surface area (Å²) in [5, 5.41) is 5.01. The molecule has 1 aromatic carbocycles. The largest absolute Gasteiger partial charge is 0.399 e. The quantitative estimate of drug-likeness (QED) is 0.831. The molecule has 0 spiro atoms. The molecule has 1 fully saturated rings. The third-order valence-corrected chi connectivity index (χ3v) is 3.29. The lowest BCUT2D eigenvalue weighted by Crippen LogP contribution is -1.96. The van der Waals surface area contributed by atoms with Crippen LogP contribution in [0.2, 0.25) is 5.02 Å². The van der Waals surface area contributed by atoms with Gasteiger partial charge in [-0.3, -0.25) is 4.68 Å². The molecule has 1 saturated carbocycles. The van der Waals surface area contributed by atoms with Crippen LogP contribution < -0.4 is 5.73 Å². The predicted molar refractivity (Wildman–Crippen MR) is 67.8 cm³/mol. The van der Waals surface area contributed by atoms with Crippen LogP contribution in [-0.4, -0.2) is 14.8 Å². The number of nitrogens with zero attached hydrogens (tertiary/aromatic N) is 3. The van der Waals surface area contributed by atoms with Gasteiger partial charge < -0.3 is 5.73 Å². The molecular formula is C12H13ClN4. The highest BCUT2D eigenvalue weighted by Gasteiger charge is 2.29. The van der Waals surface area contributed by atoms with Gasteiger partial charge in [-0.05, 0) is 31.0 Å². The number of anilines is 1. The zero-order valence-electron chi connectivity index (χ0n) is 9.52. The monoisotopic (exact) mass is 248 g/mol. The van der Waals surface area contributed by atoms with Crippen molar-refractivity contribution in [3.05, 3.63) is 29.0 Å². The Labute approximate surface area is 104 Å². The minimum absolute atomic E-state index is 0.578. The highest BCUT2D eigenvalue weighted by molar-refractivity contribution is 6.33. The van der Waals surface area contributed by atoms with Crippen LogP contribution in [0.1, 0.15) is 24.6 Å². The Kier molecular flexibility index (Phi) is 2.33.